The molecule has 2 heterocycles. The van der Waals surface area contributed by atoms with Gasteiger partial charge in [0.2, 0.25) is 17.9 Å². The van der Waals surface area contributed by atoms with E-state index in [1.165, 1.54) is 11.8 Å². The molecule has 1 aromatic heterocycles. The van der Waals surface area contributed by atoms with E-state index in [0.29, 0.717) is 23.1 Å². The van der Waals surface area contributed by atoms with Crippen molar-refractivity contribution in [3.05, 3.63) is 48.0 Å². The molecule has 0 saturated carbocycles. The van der Waals surface area contributed by atoms with E-state index in [9.17, 15) is 4.79 Å². The lowest BCUT2D eigenvalue weighted by Crippen LogP contribution is -2.14. The quantitative estimate of drug-likeness (QED) is 0.604. The average Bonchev–Trinajstić information content (AvgIpc) is 3.36. The van der Waals surface area contributed by atoms with Crippen molar-refractivity contribution in [3.63, 3.8) is 0 Å². The van der Waals surface area contributed by atoms with Crippen LogP contribution in [0.15, 0.2) is 47.6 Å². The van der Waals surface area contributed by atoms with Crippen LogP contribution in [-0.4, -0.2) is 45.8 Å². The van der Waals surface area contributed by atoms with Crippen molar-refractivity contribution < 1.29 is 19.0 Å². The molecule has 0 unspecified atom stereocenters. The van der Waals surface area contributed by atoms with Crippen molar-refractivity contribution in [3.8, 4) is 17.2 Å². The highest BCUT2D eigenvalue weighted by Gasteiger charge is 2.15. The lowest BCUT2D eigenvalue weighted by Gasteiger charge is -2.07. The van der Waals surface area contributed by atoms with Gasteiger partial charge in [0.15, 0.2) is 11.5 Å². The Morgan fingerprint density at radius 1 is 1.21 bits per heavy atom. The molecule has 0 atom stereocenters. The maximum Gasteiger partial charge on any atom is 0.234 e. The van der Waals surface area contributed by atoms with Gasteiger partial charge in [0, 0.05) is 5.69 Å². The molecule has 4 rings (SSSR count). The van der Waals surface area contributed by atoms with Crippen molar-refractivity contribution in [1.82, 2.24) is 20.2 Å². The van der Waals surface area contributed by atoms with E-state index < -0.39 is 0 Å². The van der Waals surface area contributed by atoms with E-state index in [1.807, 2.05) is 18.2 Å². The number of fused-ring (bicyclic) bond motifs is 1. The van der Waals surface area contributed by atoms with E-state index in [1.54, 1.807) is 36.1 Å². The molecule has 2 aromatic carbocycles. The fraction of sp³-hybridized carbons (Fsp3) is 0.222. The number of aromatic nitrogens is 4. The summed E-state index contributed by atoms with van der Waals surface area (Å²) < 4.78 is 17.4. The second-order valence-corrected chi connectivity index (χ2v) is 6.81. The largest absolute Gasteiger partial charge is 0.497 e. The smallest absolute Gasteiger partial charge is 0.234 e. The molecular formula is C18H17N5O4S. The summed E-state index contributed by atoms with van der Waals surface area (Å²) in [5, 5.41) is 15.1. The van der Waals surface area contributed by atoms with Crippen LogP contribution in [0.2, 0.25) is 0 Å². The molecule has 28 heavy (non-hydrogen) atoms. The van der Waals surface area contributed by atoms with Gasteiger partial charge in [-0.25, -0.2) is 4.68 Å². The number of amides is 1. The number of nitrogens with one attached hydrogen (secondary N) is 1. The molecule has 1 aliphatic heterocycles. The minimum Gasteiger partial charge on any atom is -0.497 e. The highest BCUT2D eigenvalue weighted by Crippen LogP contribution is 2.32. The van der Waals surface area contributed by atoms with Crippen molar-refractivity contribution in [1.29, 1.82) is 0 Å². The summed E-state index contributed by atoms with van der Waals surface area (Å²) in [6.07, 6.45) is 0. The number of tetrazole rings is 1. The van der Waals surface area contributed by atoms with Crippen molar-refractivity contribution in [2.75, 3.05) is 25.0 Å². The van der Waals surface area contributed by atoms with E-state index in [0.717, 1.165) is 17.1 Å². The number of carbonyl (C=O) groups is 1. The molecule has 0 spiro atoms. The van der Waals surface area contributed by atoms with Crippen molar-refractivity contribution in [2.45, 2.75) is 11.7 Å². The minimum atomic E-state index is -0.146. The van der Waals surface area contributed by atoms with Crippen LogP contribution >= 0.6 is 11.8 Å². The average molecular weight is 399 g/mol. The standard InChI is InChI=1S/C18H17N5O4S/c1-25-14-5-3-13(4-6-14)19-17(24)10-28-18-20-21-22-23(18)9-12-2-7-15-16(8-12)27-11-26-15/h2-8H,9-11H2,1H3,(H,19,24). The lowest BCUT2D eigenvalue weighted by atomic mass is 10.2. The van der Waals surface area contributed by atoms with E-state index in [2.05, 4.69) is 20.8 Å². The third kappa shape index (κ3) is 4.17. The zero-order valence-corrected chi connectivity index (χ0v) is 15.8. The summed E-state index contributed by atoms with van der Waals surface area (Å²) in [4.78, 5) is 12.2. The Bertz CT molecular complexity index is 976. The fourth-order valence-corrected chi connectivity index (χ4v) is 3.29. The number of methoxy groups -OCH3 is 1. The summed E-state index contributed by atoms with van der Waals surface area (Å²) in [6, 6.07) is 12.8. The topological polar surface area (TPSA) is 100 Å². The summed E-state index contributed by atoms with van der Waals surface area (Å²) in [7, 11) is 1.60. The van der Waals surface area contributed by atoms with Crippen molar-refractivity contribution >= 4 is 23.4 Å². The highest BCUT2D eigenvalue weighted by atomic mass is 32.2. The van der Waals surface area contributed by atoms with Gasteiger partial charge in [-0.2, -0.15) is 0 Å². The number of nitrogens with zero attached hydrogens (tertiary/aromatic N) is 4. The number of carbonyl (C=O) groups excluding carboxylic acids is 1. The predicted molar refractivity (Wildman–Crippen MR) is 102 cm³/mol. The first-order valence-electron chi connectivity index (χ1n) is 8.42. The Morgan fingerprint density at radius 2 is 2.04 bits per heavy atom. The molecule has 9 nitrogen and oxygen atoms in total. The normalized spacial score (nSPS) is 12.0. The number of thioether (sulfide) groups is 1. The second kappa shape index (κ2) is 8.17. The van der Waals surface area contributed by atoms with Crippen LogP contribution < -0.4 is 19.5 Å². The molecule has 0 aliphatic carbocycles. The van der Waals surface area contributed by atoms with Crippen LogP contribution in [0, 0.1) is 0 Å². The SMILES string of the molecule is COc1ccc(NC(=O)CSc2nnnn2Cc2ccc3c(c2)OCO3)cc1. The van der Waals surface area contributed by atoms with E-state index in [-0.39, 0.29) is 18.5 Å². The lowest BCUT2D eigenvalue weighted by molar-refractivity contribution is -0.113. The summed E-state index contributed by atoms with van der Waals surface area (Å²) in [6.45, 7) is 0.695. The monoisotopic (exact) mass is 399 g/mol. The van der Waals surface area contributed by atoms with Gasteiger partial charge in [-0.15, -0.1) is 5.10 Å². The van der Waals surface area contributed by atoms with Gasteiger partial charge >= 0.3 is 0 Å². The second-order valence-electron chi connectivity index (χ2n) is 5.87. The number of ether oxygens (including phenoxy) is 3. The Balaban J connectivity index is 1.34. The van der Waals surface area contributed by atoms with Crippen molar-refractivity contribution in [2.24, 2.45) is 0 Å². The maximum atomic E-state index is 12.2. The molecule has 0 saturated heterocycles. The molecule has 0 fully saturated rings. The third-order valence-corrected chi connectivity index (χ3v) is 4.93. The molecule has 1 N–H and O–H groups in total. The molecular weight excluding hydrogens is 382 g/mol. The number of hydrogen-bond acceptors (Lipinski definition) is 8. The summed E-state index contributed by atoms with van der Waals surface area (Å²) >= 11 is 1.27. The number of benzene rings is 2. The molecule has 10 heteroatoms. The van der Waals surface area contributed by atoms with Gasteiger partial charge in [0.1, 0.15) is 5.75 Å². The van der Waals surface area contributed by atoms with Crippen LogP contribution in [0.5, 0.6) is 17.2 Å². The van der Waals surface area contributed by atoms with Crippen LogP contribution in [0.1, 0.15) is 5.56 Å². The molecule has 144 valence electrons. The van der Waals surface area contributed by atoms with Crippen LogP contribution in [0.4, 0.5) is 5.69 Å². The van der Waals surface area contributed by atoms with Crippen LogP contribution in [0.25, 0.3) is 0 Å². The fourth-order valence-electron chi connectivity index (χ4n) is 2.61. The summed E-state index contributed by atoms with van der Waals surface area (Å²) in [5.74, 6) is 2.21. The Hall–Kier alpha value is -3.27. The Kier molecular flexibility index (Phi) is 5.29. The van der Waals surface area contributed by atoms with Gasteiger partial charge in [-0.1, -0.05) is 17.8 Å². The maximum absolute atomic E-state index is 12.2. The molecule has 1 aliphatic rings. The Morgan fingerprint density at radius 3 is 2.86 bits per heavy atom. The zero-order chi connectivity index (χ0) is 19.3. The summed E-state index contributed by atoms with van der Waals surface area (Å²) in [5.41, 5.74) is 1.67. The Labute approximate surface area is 165 Å². The van der Waals surface area contributed by atoms with Gasteiger partial charge < -0.3 is 19.5 Å². The van der Waals surface area contributed by atoms with Gasteiger partial charge in [-0.3, -0.25) is 4.79 Å². The third-order valence-electron chi connectivity index (χ3n) is 3.97. The minimum absolute atomic E-state index is 0.146. The highest BCUT2D eigenvalue weighted by molar-refractivity contribution is 7.99. The molecule has 0 radical (unpaired) electrons. The van der Waals surface area contributed by atoms with Gasteiger partial charge in [-0.05, 0) is 52.4 Å². The first kappa shape index (κ1) is 18.1. The van der Waals surface area contributed by atoms with Gasteiger partial charge in [0.25, 0.3) is 0 Å². The van der Waals surface area contributed by atoms with Crippen LogP contribution in [-0.2, 0) is 11.3 Å². The van der Waals surface area contributed by atoms with Crippen LogP contribution in [0.3, 0.4) is 0 Å². The zero-order valence-electron chi connectivity index (χ0n) is 15.0. The number of rotatable bonds is 7. The predicted octanol–water partition coefficient (Wildman–Crippen LogP) is 2.19. The van der Waals surface area contributed by atoms with E-state index >= 15 is 0 Å². The molecule has 3 aromatic rings. The first-order chi connectivity index (χ1) is 13.7. The number of hydrogen-bond donors (Lipinski definition) is 1. The van der Waals surface area contributed by atoms with E-state index in [4.69, 9.17) is 14.2 Å². The number of anilines is 1. The first-order valence-corrected chi connectivity index (χ1v) is 9.41. The molecule has 0 bridgehead atoms. The van der Waals surface area contributed by atoms with Gasteiger partial charge in [0.05, 0.1) is 19.4 Å². The molecule has 1 amide bonds.